The number of rotatable bonds is 8. The average Bonchev–Trinajstić information content (AvgIpc) is 3.42. The Bertz CT molecular complexity index is 1340. The number of urea groups is 1. The van der Waals surface area contributed by atoms with Gasteiger partial charge in [-0.25, -0.2) is 4.79 Å². The Morgan fingerprint density at radius 1 is 1.02 bits per heavy atom. The molecule has 4 N–H and O–H groups in total. The van der Waals surface area contributed by atoms with Gasteiger partial charge in [0.1, 0.15) is 11.9 Å². The van der Waals surface area contributed by atoms with Gasteiger partial charge in [0, 0.05) is 67.5 Å². The van der Waals surface area contributed by atoms with E-state index in [0.717, 1.165) is 5.56 Å². The number of ether oxygens (including phenoxy) is 3. The highest BCUT2D eigenvalue weighted by molar-refractivity contribution is 6.00. The third-order valence-electron chi connectivity index (χ3n) is 6.86. The molecule has 3 heterocycles. The van der Waals surface area contributed by atoms with Gasteiger partial charge in [0.15, 0.2) is 11.5 Å². The van der Waals surface area contributed by atoms with Gasteiger partial charge in [-0.15, -0.1) is 0 Å². The van der Waals surface area contributed by atoms with Crippen LogP contribution in [0.15, 0.2) is 60.9 Å². The first-order valence-corrected chi connectivity index (χ1v) is 13.2. The molecule has 1 aromatic heterocycles. The fourth-order valence-electron chi connectivity index (χ4n) is 4.74. The third-order valence-corrected chi connectivity index (χ3v) is 6.86. The second-order valence-electron chi connectivity index (χ2n) is 9.83. The number of fused-ring (bicyclic) bond motifs is 2. The number of amides is 3. The summed E-state index contributed by atoms with van der Waals surface area (Å²) in [5.41, 5.74) is 2.83. The Hall–Kier alpha value is -4.35. The molecule has 40 heavy (non-hydrogen) atoms. The van der Waals surface area contributed by atoms with Crippen molar-refractivity contribution in [2.45, 2.75) is 26.0 Å². The molecule has 2 aromatic carbocycles. The minimum Gasteiger partial charge on any atom is -0.488 e. The molecule has 2 aliphatic heterocycles. The largest absolute Gasteiger partial charge is 0.488 e. The molecule has 2 unspecified atom stereocenters. The predicted molar refractivity (Wildman–Crippen MR) is 149 cm³/mol. The number of anilines is 2. The van der Waals surface area contributed by atoms with Crippen LogP contribution in [0.2, 0.25) is 0 Å². The van der Waals surface area contributed by atoms with E-state index in [9.17, 15) is 14.7 Å². The van der Waals surface area contributed by atoms with Crippen molar-refractivity contribution in [3.63, 3.8) is 0 Å². The number of β-amino-alcohol motifs (C(OH)–C–C–N with tert-alkyl or cyclic N) is 1. The Labute approximate surface area is 232 Å². The lowest BCUT2D eigenvalue weighted by Gasteiger charge is -2.29. The quantitative estimate of drug-likeness (QED) is 0.338. The summed E-state index contributed by atoms with van der Waals surface area (Å²) in [6.45, 7) is 3.97. The number of aliphatic hydroxyl groups is 1. The second-order valence-corrected chi connectivity index (χ2v) is 9.83. The molecule has 0 spiro atoms. The molecule has 0 saturated carbocycles. The highest BCUT2D eigenvalue weighted by Crippen LogP contribution is 2.34. The molecule has 0 bridgehead atoms. The van der Waals surface area contributed by atoms with Gasteiger partial charge in [-0.3, -0.25) is 9.78 Å². The number of nitrogens with zero attached hydrogens (tertiary/aromatic N) is 2. The predicted octanol–water partition coefficient (Wildman–Crippen LogP) is 3.00. The lowest BCUT2D eigenvalue weighted by atomic mass is 10.0. The van der Waals surface area contributed by atoms with Crippen LogP contribution >= 0.6 is 0 Å². The molecular weight excluding hydrogens is 514 g/mol. The van der Waals surface area contributed by atoms with Crippen molar-refractivity contribution >= 4 is 23.3 Å². The molecule has 11 heteroatoms. The van der Waals surface area contributed by atoms with Gasteiger partial charge in [0.2, 0.25) is 12.7 Å². The summed E-state index contributed by atoms with van der Waals surface area (Å²) in [6.07, 6.45) is 3.36. The van der Waals surface area contributed by atoms with Crippen LogP contribution in [0.3, 0.4) is 0 Å². The molecule has 0 aliphatic carbocycles. The van der Waals surface area contributed by atoms with E-state index in [1.165, 1.54) is 0 Å². The van der Waals surface area contributed by atoms with E-state index in [1.807, 2.05) is 19.1 Å². The number of nitrogens with one attached hydrogen (secondary N) is 3. The van der Waals surface area contributed by atoms with Crippen LogP contribution in [0.1, 0.15) is 18.1 Å². The summed E-state index contributed by atoms with van der Waals surface area (Å²) in [6, 6.07) is 13.9. The minimum absolute atomic E-state index is 0.00308. The summed E-state index contributed by atoms with van der Waals surface area (Å²) in [4.78, 5) is 31.7. The van der Waals surface area contributed by atoms with Crippen LogP contribution in [0.5, 0.6) is 17.2 Å². The van der Waals surface area contributed by atoms with Crippen molar-refractivity contribution < 1.29 is 28.9 Å². The number of pyridine rings is 1. The first-order chi connectivity index (χ1) is 19.5. The number of carbonyl (C=O) groups excluding carboxylic acids is 2. The van der Waals surface area contributed by atoms with Gasteiger partial charge in [-0.1, -0.05) is 6.92 Å². The number of carbonyl (C=O) groups is 2. The van der Waals surface area contributed by atoms with E-state index < -0.39 is 6.03 Å². The highest BCUT2D eigenvalue weighted by atomic mass is 16.7. The monoisotopic (exact) mass is 547 g/mol. The van der Waals surface area contributed by atoms with E-state index in [2.05, 4.69) is 20.9 Å². The Morgan fingerprint density at radius 2 is 1.75 bits per heavy atom. The molecule has 2 atom stereocenters. The standard InChI is InChI=1S/C29H33N5O6/c1-19-17-34(10-11-35)28(36)13-21-12-22(32-29(37)33-23-3-5-25-26(14-23)39-18-38-25)2-4-24(21)40-27(19)16-31-15-20-6-8-30-9-7-20/h2-9,12,14,19,27,31,35H,10-11,13,15-18H2,1H3,(H2,32,33,37). The molecule has 0 radical (unpaired) electrons. The smallest absolute Gasteiger partial charge is 0.323 e. The minimum atomic E-state index is -0.442. The Kier molecular flexibility index (Phi) is 8.62. The summed E-state index contributed by atoms with van der Waals surface area (Å²) < 4.78 is 17.1. The molecule has 0 fully saturated rings. The maximum atomic E-state index is 13.2. The molecule has 2 aliphatic rings. The number of hydrogen-bond acceptors (Lipinski definition) is 8. The molecule has 3 amide bonds. The van der Waals surface area contributed by atoms with Gasteiger partial charge in [-0.05, 0) is 48.0 Å². The first-order valence-electron chi connectivity index (χ1n) is 13.2. The zero-order chi connectivity index (χ0) is 27.9. The Morgan fingerprint density at radius 3 is 2.52 bits per heavy atom. The number of benzene rings is 2. The van der Waals surface area contributed by atoms with Crippen molar-refractivity contribution in [3.05, 3.63) is 72.1 Å². The van der Waals surface area contributed by atoms with Crippen LogP contribution < -0.4 is 30.2 Å². The lowest BCUT2D eigenvalue weighted by molar-refractivity contribution is -0.131. The van der Waals surface area contributed by atoms with Crippen LogP contribution in [-0.2, 0) is 17.8 Å². The van der Waals surface area contributed by atoms with Crippen molar-refractivity contribution in [2.75, 3.05) is 43.7 Å². The third kappa shape index (κ3) is 6.80. The fraction of sp³-hybridized carbons (Fsp3) is 0.345. The van der Waals surface area contributed by atoms with E-state index in [1.54, 1.807) is 53.7 Å². The van der Waals surface area contributed by atoms with Gasteiger partial charge in [-0.2, -0.15) is 0 Å². The normalized spacial score (nSPS) is 18.1. The molecule has 3 aromatic rings. The van der Waals surface area contributed by atoms with Crippen molar-refractivity contribution in [3.8, 4) is 17.2 Å². The van der Waals surface area contributed by atoms with Crippen molar-refractivity contribution in [1.29, 1.82) is 0 Å². The van der Waals surface area contributed by atoms with Gasteiger partial charge < -0.3 is 40.2 Å². The summed E-state index contributed by atoms with van der Waals surface area (Å²) in [5.74, 6) is 1.67. The number of aromatic nitrogens is 1. The topological polar surface area (TPSA) is 134 Å². The molecule has 0 saturated heterocycles. The Balaban J connectivity index is 1.30. The first kappa shape index (κ1) is 27.2. The maximum absolute atomic E-state index is 13.2. The van der Waals surface area contributed by atoms with E-state index in [0.29, 0.717) is 53.8 Å². The SMILES string of the molecule is CC1CN(CCO)C(=O)Cc2cc(NC(=O)Nc3ccc4c(c3)OCO4)ccc2OC1CNCc1ccncc1. The maximum Gasteiger partial charge on any atom is 0.323 e. The molecule has 210 valence electrons. The van der Waals surface area contributed by atoms with Gasteiger partial charge in [0.25, 0.3) is 0 Å². The fourth-order valence-corrected chi connectivity index (χ4v) is 4.74. The molecule has 11 nitrogen and oxygen atoms in total. The van der Waals surface area contributed by atoms with E-state index >= 15 is 0 Å². The van der Waals surface area contributed by atoms with Crippen LogP contribution in [-0.4, -0.2) is 66.1 Å². The van der Waals surface area contributed by atoms with Crippen LogP contribution in [0.4, 0.5) is 16.2 Å². The number of aliphatic hydroxyl groups excluding tert-OH is 1. The van der Waals surface area contributed by atoms with Gasteiger partial charge >= 0.3 is 6.03 Å². The van der Waals surface area contributed by atoms with Gasteiger partial charge in [0.05, 0.1) is 13.0 Å². The summed E-state index contributed by atoms with van der Waals surface area (Å²) in [5, 5.41) is 18.6. The van der Waals surface area contributed by atoms with Crippen LogP contribution in [0, 0.1) is 5.92 Å². The zero-order valence-electron chi connectivity index (χ0n) is 22.3. The summed E-state index contributed by atoms with van der Waals surface area (Å²) >= 11 is 0. The molecular formula is C29H33N5O6. The number of hydrogen-bond donors (Lipinski definition) is 4. The lowest BCUT2D eigenvalue weighted by Crippen LogP contribution is -2.43. The summed E-state index contributed by atoms with van der Waals surface area (Å²) in [7, 11) is 0. The zero-order valence-corrected chi connectivity index (χ0v) is 22.3. The van der Waals surface area contributed by atoms with E-state index in [-0.39, 0.29) is 44.3 Å². The van der Waals surface area contributed by atoms with Crippen LogP contribution in [0.25, 0.3) is 0 Å². The molecule has 5 rings (SSSR count). The van der Waals surface area contributed by atoms with Crippen molar-refractivity contribution in [1.82, 2.24) is 15.2 Å². The van der Waals surface area contributed by atoms with Crippen molar-refractivity contribution in [2.24, 2.45) is 5.92 Å². The average molecular weight is 548 g/mol. The highest BCUT2D eigenvalue weighted by Gasteiger charge is 2.28. The van der Waals surface area contributed by atoms with E-state index in [4.69, 9.17) is 14.2 Å². The second kappa shape index (κ2) is 12.7.